The van der Waals surface area contributed by atoms with Gasteiger partial charge in [-0.2, -0.15) is 4.98 Å². The number of methoxy groups -OCH3 is 1. The minimum atomic E-state index is 0.201. The van der Waals surface area contributed by atoms with E-state index in [1.807, 2.05) is 6.07 Å². The van der Waals surface area contributed by atoms with Crippen molar-refractivity contribution >= 4 is 11.8 Å². The van der Waals surface area contributed by atoms with E-state index in [1.165, 1.54) is 0 Å². The first-order valence-corrected chi connectivity index (χ1v) is 7.70. The van der Waals surface area contributed by atoms with E-state index in [0.29, 0.717) is 47.9 Å². The van der Waals surface area contributed by atoms with E-state index >= 15 is 0 Å². The van der Waals surface area contributed by atoms with E-state index in [-0.39, 0.29) is 6.79 Å². The van der Waals surface area contributed by atoms with Gasteiger partial charge in [0, 0.05) is 30.8 Å². The van der Waals surface area contributed by atoms with Crippen LogP contribution < -0.4 is 24.8 Å². The molecule has 2 aromatic rings. The van der Waals surface area contributed by atoms with Gasteiger partial charge in [-0.15, -0.1) is 0 Å². The fourth-order valence-corrected chi connectivity index (χ4v) is 2.79. The van der Waals surface area contributed by atoms with Gasteiger partial charge in [-0.05, 0) is 6.07 Å². The van der Waals surface area contributed by atoms with Gasteiger partial charge in [0.15, 0.2) is 11.5 Å². The van der Waals surface area contributed by atoms with Gasteiger partial charge >= 0.3 is 0 Å². The summed E-state index contributed by atoms with van der Waals surface area (Å²) in [5, 5.41) is 0. The molecule has 4 rings (SSSR count). The minimum Gasteiger partial charge on any atom is -0.496 e. The number of nitrogen functional groups attached to an aromatic ring is 1. The molecule has 0 radical (unpaired) electrons. The van der Waals surface area contributed by atoms with E-state index in [2.05, 4.69) is 14.9 Å². The maximum Gasteiger partial charge on any atom is 0.231 e. The third kappa shape index (κ3) is 2.65. The lowest BCUT2D eigenvalue weighted by atomic mass is 10.1. The van der Waals surface area contributed by atoms with Crippen molar-refractivity contribution in [3.63, 3.8) is 0 Å². The summed E-state index contributed by atoms with van der Waals surface area (Å²) in [4.78, 5) is 11.1. The quantitative estimate of drug-likeness (QED) is 0.900. The molecule has 3 heterocycles. The Morgan fingerprint density at radius 1 is 1.08 bits per heavy atom. The fourth-order valence-electron chi connectivity index (χ4n) is 2.79. The summed E-state index contributed by atoms with van der Waals surface area (Å²) in [5.41, 5.74) is 7.46. The highest BCUT2D eigenvalue weighted by Crippen LogP contribution is 2.42. The summed E-state index contributed by atoms with van der Waals surface area (Å²) in [7, 11) is 1.61. The van der Waals surface area contributed by atoms with E-state index in [1.54, 1.807) is 19.2 Å². The van der Waals surface area contributed by atoms with Gasteiger partial charge in [-0.3, -0.25) is 0 Å². The number of hydrogen-bond acceptors (Lipinski definition) is 8. The molecule has 8 heteroatoms. The van der Waals surface area contributed by atoms with Gasteiger partial charge in [0.05, 0.1) is 26.0 Å². The zero-order valence-electron chi connectivity index (χ0n) is 13.3. The second-order valence-corrected chi connectivity index (χ2v) is 5.48. The topological polar surface area (TPSA) is 92.0 Å². The number of morpholine rings is 1. The Morgan fingerprint density at radius 2 is 1.83 bits per heavy atom. The van der Waals surface area contributed by atoms with Crippen LogP contribution in [0.15, 0.2) is 18.2 Å². The van der Waals surface area contributed by atoms with Crippen LogP contribution in [0.2, 0.25) is 0 Å². The van der Waals surface area contributed by atoms with Crippen LogP contribution in [0.4, 0.5) is 11.8 Å². The predicted octanol–water partition coefficient (Wildman–Crippen LogP) is 1.30. The maximum atomic E-state index is 6.00. The number of ether oxygens (including phenoxy) is 4. The Morgan fingerprint density at radius 3 is 2.58 bits per heavy atom. The molecule has 0 amide bonds. The van der Waals surface area contributed by atoms with Gasteiger partial charge in [-0.1, -0.05) is 0 Å². The molecule has 1 fully saturated rings. The molecule has 1 saturated heterocycles. The van der Waals surface area contributed by atoms with E-state index in [4.69, 9.17) is 24.7 Å². The first-order chi connectivity index (χ1) is 11.7. The summed E-state index contributed by atoms with van der Waals surface area (Å²) in [6, 6.07) is 5.38. The molecule has 0 spiro atoms. The highest BCUT2D eigenvalue weighted by molar-refractivity contribution is 5.74. The summed E-state index contributed by atoms with van der Waals surface area (Å²) >= 11 is 0. The molecule has 0 saturated carbocycles. The van der Waals surface area contributed by atoms with Crippen molar-refractivity contribution in [3.05, 3.63) is 18.2 Å². The highest BCUT2D eigenvalue weighted by atomic mass is 16.7. The molecule has 1 aromatic heterocycles. The number of anilines is 2. The summed E-state index contributed by atoms with van der Waals surface area (Å²) in [6.45, 7) is 2.98. The maximum absolute atomic E-state index is 6.00. The molecule has 24 heavy (non-hydrogen) atoms. The van der Waals surface area contributed by atoms with E-state index < -0.39 is 0 Å². The SMILES string of the molecule is COc1cc2c(cc1-c1cc(N)nc(N3CCOCC3)n1)OCO2. The lowest BCUT2D eigenvalue weighted by Gasteiger charge is -2.27. The van der Waals surface area contributed by atoms with Crippen molar-refractivity contribution in [2.45, 2.75) is 0 Å². The van der Waals surface area contributed by atoms with Crippen molar-refractivity contribution in [3.8, 4) is 28.5 Å². The number of benzene rings is 1. The molecule has 2 N–H and O–H groups in total. The van der Waals surface area contributed by atoms with E-state index in [0.717, 1.165) is 18.7 Å². The molecule has 0 atom stereocenters. The Kier molecular flexibility index (Phi) is 3.73. The molecule has 1 aromatic carbocycles. The molecule has 2 aliphatic rings. The average molecular weight is 330 g/mol. The zero-order chi connectivity index (χ0) is 16.5. The first kappa shape index (κ1) is 14.8. The fraction of sp³-hybridized carbons (Fsp3) is 0.375. The van der Waals surface area contributed by atoms with Crippen LogP contribution in [0.1, 0.15) is 0 Å². The number of nitrogens with two attached hydrogens (primary N) is 1. The van der Waals surface area contributed by atoms with Crippen LogP contribution in [0.25, 0.3) is 11.3 Å². The van der Waals surface area contributed by atoms with Gasteiger partial charge in [0.1, 0.15) is 11.6 Å². The first-order valence-electron chi connectivity index (χ1n) is 7.70. The van der Waals surface area contributed by atoms with Gasteiger partial charge < -0.3 is 29.6 Å². The van der Waals surface area contributed by atoms with Crippen molar-refractivity contribution in [1.82, 2.24) is 9.97 Å². The van der Waals surface area contributed by atoms with Crippen LogP contribution in [0.3, 0.4) is 0 Å². The van der Waals surface area contributed by atoms with Crippen LogP contribution in [-0.2, 0) is 4.74 Å². The van der Waals surface area contributed by atoms with Crippen molar-refractivity contribution in [2.75, 3.05) is 50.8 Å². The van der Waals surface area contributed by atoms with E-state index in [9.17, 15) is 0 Å². The Balaban J connectivity index is 1.77. The second kappa shape index (κ2) is 6.04. The van der Waals surface area contributed by atoms with Crippen LogP contribution >= 0.6 is 0 Å². The highest BCUT2D eigenvalue weighted by Gasteiger charge is 2.21. The van der Waals surface area contributed by atoms with Crippen LogP contribution in [-0.4, -0.2) is 50.2 Å². The Bertz CT molecular complexity index is 762. The minimum absolute atomic E-state index is 0.201. The van der Waals surface area contributed by atoms with Crippen molar-refractivity contribution in [1.29, 1.82) is 0 Å². The molecule has 0 aliphatic carbocycles. The molecule has 126 valence electrons. The smallest absolute Gasteiger partial charge is 0.231 e. The Hall–Kier alpha value is -2.74. The monoisotopic (exact) mass is 330 g/mol. The van der Waals surface area contributed by atoms with Crippen LogP contribution in [0, 0.1) is 0 Å². The number of hydrogen-bond donors (Lipinski definition) is 1. The van der Waals surface area contributed by atoms with Crippen LogP contribution in [0.5, 0.6) is 17.2 Å². The second-order valence-electron chi connectivity index (χ2n) is 5.48. The molecule has 8 nitrogen and oxygen atoms in total. The summed E-state index contributed by atoms with van der Waals surface area (Å²) in [6.07, 6.45) is 0. The third-order valence-electron chi connectivity index (χ3n) is 4.00. The summed E-state index contributed by atoms with van der Waals surface area (Å²) in [5.74, 6) is 2.96. The predicted molar refractivity (Wildman–Crippen MR) is 87.6 cm³/mol. The zero-order valence-corrected chi connectivity index (χ0v) is 13.3. The number of nitrogens with zero attached hydrogens (tertiary/aromatic N) is 3. The molecule has 0 unspecified atom stereocenters. The molecular formula is C16H18N4O4. The molecule has 2 aliphatic heterocycles. The number of aromatic nitrogens is 2. The standard InChI is InChI=1S/C16H18N4O4/c1-21-12-8-14-13(23-9-24-14)6-10(12)11-7-15(17)19-16(18-11)20-2-4-22-5-3-20/h6-8H,2-5,9H2,1H3,(H2,17,18,19). The third-order valence-corrected chi connectivity index (χ3v) is 4.00. The lowest BCUT2D eigenvalue weighted by Crippen LogP contribution is -2.37. The summed E-state index contributed by atoms with van der Waals surface area (Å²) < 4.78 is 21.7. The largest absolute Gasteiger partial charge is 0.496 e. The van der Waals surface area contributed by atoms with Gasteiger partial charge in [0.2, 0.25) is 12.7 Å². The Labute approximate surface area is 139 Å². The molecular weight excluding hydrogens is 312 g/mol. The van der Waals surface area contributed by atoms with Gasteiger partial charge in [-0.25, -0.2) is 4.98 Å². The van der Waals surface area contributed by atoms with Gasteiger partial charge in [0.25, 0.3) is 0 Å². The average Bonchev–Trinajstić information content (AvgIpc) is 3.08. The molecule has 0 bridgehead atoms. The number of rotatable bonds is 3. The number of fused-ring (bicyclic) bond motifs is 1. The normalized spacial score (nSPS) is 16.3. The van der Waals surface area contributed by atoms with Crippen molar-refractivity contribution < 1.29 is 18.9 Å². The van der Waals surface area contributed by atoms with Crippen molar-refractivity contribution in [2.24, 2.45) is 0 Å². The lowest BCUT2D eigenvalue weighted by molar-refractivity contribution is 0.122.